The topological polar surface area (TPSA) is 54.5 Å². The Morgan fingerprint density at radius 3 is 2.50 bits per heavy atom. The van der Waals surface area contributed by atoms with Crippen LogP contribution in [0.2, 0.25) is 5.02 Å². The number of nitrogens with zero attached hydrogens (tertiary/aromatic N) is 2. The molecule has 3 heterocycles. The molecule has 0 unspecified atom stereocenters. The van der Waals surface area contributed by atoms with Crippen LogP contribution in [-0.4, -0.2) is 47.6 Å². The Balaban J connectivity index is 1.21. The van der Waals surface area contributed by atoms with Crippen molar-refractivity contribution in [3.8, 4) is 0 Å². The summed E-state index contributed by atoms with van der Waals surface area (Å²) >= 11 is 6.69. The molecule has 5 fully saturated rings. The van der Waals surface area contributed by atoms with Gasteiger partial charge in [-0.25, -0.2) is 4.98 Å². The van der Waals surface area contributed by atoms with Gasteiger partial charge in [0.05, 0.1) is 24.2 Å². The van der Waals surface area contributed by atoms with Gasteiger partial charge in [0.15, 0.2) is 0 Å². The molecule has 30 heavy (non-hydrogen) atoms. The maximum atomic E-state index is 12.6. The molecule has 1 amide bonds. The second-order valence-corrected chi connectivity index (χ2v) is 10.7. The zero-order valence-electron chi connectivity index (χ0n) is 17.4. The Morgan fingerprint density at radius 1 is 1.17 bits per heavy atom. The van der Waals surface area contributed by atoms with Crippen molar-refractivity contribution in [2.45, 2.75) is 50.5 Å². The molecule has 0 spiro atoms. The minimum atomic E-state index is -0.0947. The van der Waals surface area contributed by atoms with Gasteiger partial charge in [0.1, 0.15) is 5.82 Å². The summed E-state index contributed by atoms with van der Waals surface area (Å²) in [5.74, 6) is 2.05. The lowest BCUT2D eigenvalue weighted by molar-refractivity contribution is -0.158. The van der Waals surface area contributed by atoms with Crippen molar-refractivity contribution in [3.63, 3.8) is 0 Å². The molecule has 2 saturated heterocycles. The molecule has 1 N–H and O–H groups in total. The van der Waals surface area contributed by atoms with E-state index in [9.17, 15) is 4.79 Å². The third kappa shape index (κ3) is 2.89. The lowest BCUT2D eigenvalue weighted by Gasteiger charge is -2.59. The average Bonchev–Trinajstić information content (AvgIpc) is 2.63. The zero-order chi connectivity index (χ0) is 20.5. The van der Waals surface area contributed by atoms with E-state index in [2.05, 4.69) is 28.2 Å². The molecule has 2 aliphatic heterocycles. The molecule has 1 aromatic heterocycles. The first-order valence-corrected chi connectivity index (χ1v) is 11.6. The molecule has 3 saturated carbocycles. The minimum absolute atomic E-state index is 0.0947. The number of nitrogens with one attached hydrogen (secondary N) is 1. The lowest BCUT2D eigenvalue weighted by Crippen LogP contribution is -2.61. The predicted octanol–water partition coefficient (Wildman–Crippen LogP) is 4.60. The summed E-state index contributed by atoms with van der Waals surface area (Å²) in [5.41, 5.74) is 1.35. The summed E-state index contributed by atoms with van der Waals surface area (Å²) in [6.45, 7) is 6.16. The molecular formula is C24H28ClN3O2. The maximum Gasteiger partial charge on any atom is 0.231 e. The normalized spacial score (nSPS) is 30.3. The molecule has 3 aliphatic carbocycles. The number of fused-ring (bicyclic) bond motifs is 1. The quantitative estimate of drug-likeness (QED) is 0.778. The number of rotatable bonds is 4. The van der Waals surface area contributed by atoms with Gasteiger partial charge in [-0.1, -0.05) is 11.6 Å². The molecular weight excluding hydrogens is 398 g/mol. The van der Waals surface area contributed by atoms with E-state index in [4.69, 9.17) is 16.3 Å². The number of pyridine rings is 1. The molecule has 5 nitrogen and oxygen atoms in total. The number of carbonyl (C=O) groups excluding carboxylic acids is 1. The van der Waals surface area contributed by atoms with Crippen molar-refractivity contribution in [1.82, 2.24) is 9.88 Å². The van der Waals surface area contributed by atoms with Gasteiger partial charge < -0.3 is 10.1 Å². The van der Waals surface area contributed by atoms with E-state index >= 15 is 0 Å². The number of halogens is 1. The van der Waals surface area contributed by atoms with E-state index in [1.807, 2.05) is 18.3 Å². The van der Waals surface area contributed by atoms with E-state index in [0.717, 1.165) is 80.1 Å². The third-order valence-electron chi connectivity index (χ3n) is 8.12. The number of anilines is 1. The number of carbonyl (C=O) groups is 1. The van der Waals surface area contributed by atoms with Crippen LogP contribution in [0, 0.1) is 11.3 Å². The van der Waals surface area contributed by atoms with Crippen LogP contribution in [0.3, 0.4) is 0 Å². The molecule has 5 aliphatic rings. The van der Waals surface area contributed by atoms with Gasteiger partial charge in [-0.3, -0.25) is 9.69 Å². The Bertz CT molecular complexity index is 1010. The van der Waals surface area contributed by atoms with Gasteiger partial charge in [-0.2, -0.15) is 0 Å². The molecule has 2 bridgehead atoms. The van der Waals surface area contributed by atoms with Crippen molar-refractivity contribution in [3.05, 3.63) is 35.0 Å². The highest BCUT2D eigenvalue weighted by atomic mass is 35.5. The van der Waals surface area contributed by atoms with Crippen molar-refractivity contribution in [1.29, 1.82) is 0 Å². The smallest absolute Gasteiger partial charge is 0.231 e. The molecule has 0 atom stereocenters. The van der Waals surface area contributed by atoms with Crippen LogP contribution in [0.4, 0.5) is 5.82 Å². The van der Waals surface area contributed by atoms with Crippen LogP contribution in [-0.2, 0) is 9.53 Å². The van der Waals surface area contributed by atoms with E-state index in [0.29, 0.717) is 11.7 Å². The highest BCUT2D eigenvalue weighted by Gasteiger charge is 2.61. The van der Waals surface area contributed by atoms with Crippen LogP contribution in [0.15, 0.2) is 24.4 Å². The second kappa shape index (κ2) is 6.65. The predicted molar refractivity (Wildman–Crippen MR) is 118 cm³/mol. The van der Waals surface area contributed by atoms with Gasteiger partial charge in [0.2, 0.25) is 5.91 Å². The first-order chi connectivity index (χ1) is 14.4. The monoisotopic (exact) mass is 425 g/mol. The van der Waals surface area contributed by atoms with E-state index < -0.39 is 0 Å². The fourth-order valence-electron chi connectivity index (χ4n) is 5.88. The Labute approximate surface area is 182 Å². The molecule has 158 valence electrons. The van der Waals surface area contributed by atoms with Crippen LogP contribution >= 0.6 is 11.6 Å². The molecule has 7 rings (SSSR count). The second-order valence-electron chi connectivity index (χ2n) is 10.3. The zero-order valence-corrected chi connectivity index (χ0v) is 18.2. The number of hydrogen-bond donors (Lipinski definition) is 1. The number of piperidine rings is 1. The maximum absolute atomic E-state index is 12.6. The SMILES string of the molecule is CC1(N2CCC(c3cc4cc(NC(=O)C56CC(C5)C6)ncc4cc3Cl)CC2)COC1. The number of amides is 1. The summed E-state index contributed by atoms with van der Waals surface area (Å²) in [6.07, 6.45) is 7.20. The Hall–Kier alpha value is -1.69. The first-order valence-electron chi connectivity index (χ1n) is 11.2. The highest BCUT2D eigenvalue weighted by molar-refractivity contribution is 6.32. The standard InChI is InChI=1S/C24H28ClN3O2/c1-23(13-30-14-23)28-4-2-16(3-5-28)19-6-17-8-21(26-12-18(17)7-20(19)25)27-22(29)24-9-15(10-24)11-24/h6-8,12,15-16H,2-5,9-11,13-14H2,1H3,(H,26,27,29). The van der Waals surface area contributed by atoms with Gasteiger partial charge in [-0.05, 0) is 93.1 Å². The van der Waals surface area contributed by atoms with Gasteiger partial charge >= 0.3 is 0 Å². The van der Waals surface area contributed by atoms with E-state index in [-0.39, 0.29) is 16.9 Å². The Kier molecular flexibility index (Phi) is 4.22. The molecule has 1 aromatic carbocycles. The van der Waals surface area contributed by atoms with E-state index in [1.54, 1.807) is 0 Å². The number of aromatic nitrogens is 1. The largest absolute Gasteiger partial charge is 0.377 e. The van der Waals surface area contributed by atoms with Gasteiger partial charge in [0.25, 0.3) is 0 Å². The van der Waals surface area contributed by atoms with Crippen LogP contribution < -0.4 is 5.32 Å². The highest BCUT2D eigenvalue weighted by Crippen LogP contribution is 2.64. The average molecular weight is 426 g/mol. The van der Waals surface area contributed by atoms with Crippen molar-refractivity contribution >= 4 is 34.1 Å². The van der Waals surface area contributed by atoms with Crippen molar-refractivity contribution in [2.24, 2.45) is 11.3 Å². The fourth-order valence-corrected chi connectivity index (χ4v) is 6.21. The summed E-state index contributed by atoms with van der Waals surface area (Å²) in [6, 6.07) is 6.24. The molecule has 0 radical (unpaired) electrons. The van der Waals surface area contributed by atoms with Crippen LogP contribution in [0.25, 0.3) is 10.8 Å². The van der Waals surface area contributed by atoms with Gasteiger partial charge in [-0.15, -0.1) is 0 Å². The van der Waals surface area contributed by atoms with Crippen LogP contribution in [0.1, 0.15) is 50.5 Å². The number of hydrogen-bond acceptors (Lipinski definition) is 4. The summed E-state index contributed by atoms with van der Waals surface area (Å²) < 4.78 is 5.44. The van der Waals surface area contributed by atoms with Crippen molar-refractivity contribution < 1.29 is 9.53 Å². The molecule has 6 heteroatoms. The van der Waals surface area contributed by atoms with Crippen LogP contribution in [0.5, 0.6) is 0 Å². The summed E-state index contributed by atoms with van der Waals surface area (Å²) in [4.78, 5) is 19.7. The third-order valence-corrected chi connectivity index (χ3v) is 8.45. The van der Waals surface area contributed by atoms with Gasteiger partial charge in [0, 0.05) is 16.6 Å². The summed E-state index contributed by atoms with van der Waals surface area (Å²) in [5, 5.41) is 6.00. The number of ether oxygens (including phenoxy) is 1. The Morgan fingerprint density at radius 2 is 1.90 bits per heavy atom. The lowest BCUT2D eigenvalue weighted by atomic mass is 9.44. The molecule has 2 aromatic rings. The minimum Gasteiger partial charge on any atom is -0.377 e. The fraction of sp³-hybridized carbons (Fsp3) is 0.583. The number of likely N-dealkylation sites (tertiary alicyclic amines) is 1. The first kappa shape index (κ1) is 19.0. The van der Waals surface area contributed by atoms with E-state index in [1.165, 1.54) is 5.56 Å². The number of benzene rings is 1. The van der Waals surface area contributed by atoms with Crippen molar-refractivity contribution in [2.75, 3.05) is 31.6 Å². The summed E-state index contributed by atoms with van der Waals surface area (Å²) in [7, 11) is 0.